The van der Waals surface area contributed by atoms with Crippen LogP contribution < -0.4 is 5.73 Å². The molecular formula is C11H13N3O4S. The van der Waals surface area contributed by atoms with E-state index in [2.05, 4.69) is 5.10 Å². The minimum Gasteiger partial charge on any atom is -0.503 e. The van der Waals surface area contributed by atoms with Crippen LogP contribution >= 0.6 is 0 Å². The Balaban J connectivity index is 2.74. The highest BCUT2D eigenvalue weighted by Gasteiger charge is 2.21. The van der Waals surface area contributed by atoms with Crippen LogP contribution in [0.1, 0.15) is 12.6 Å². The average Bonchev–Trinajstić information content (AvgIpc) is 2.65. The number of rotatable bonds is 3. The van der Waals surface area contributed by atoms with Crippen LogP contribution in [0.3, 0.4) is 0 Å². The van der Waals surface area contributed by atoms with E-state index in [4.69, 9.17) is 5.73 Å². The number of nitrogen functional groups attached to an aromatic ring is 1. The maximum absolute atomic E-state index is 11.3. The predicted octanol–water partition coefficient (Wildman–Crippen LogP) is 0.969. The monoisotopic (exact) mass is 283 g/mol. The van der Waals surface area contributed by atoms with E-state index in [-0.39, 0.29) is 22.2 Å². The lowest BCUT2D eigenvalue weighted by Crippen LogP contribution is -2.09. The molecule has 2 rings (SSSR count). The first-order chi connectivity index (χ1) is 8.86. The Kier molecular flexibility index (Phi) is 3.21. The molecule has 0 bridgehead atoms. The molecule has 0 saturated carbocycles. The Morgan fingerprint density at radius 1 is 1.37 bits per heavy atom. The van der Waals surface area contributed by atoms with Crippen LogP contribution in [0.4, 0.5) is 5.82 Å². The van der Waals surface area contributed by atoms with Crippen molar-refractivity contribution in [2.45, 2.75) is 18.2 Å². The summed E-state index contributed by atoms with van der Waals surface area (Å²) >= 11 is 0. The SMILES string of the molecule is CCc1nn(-c2ccccc2S(=O)(=O)O)c(N)c1O. The molecule has 0 saturated heterocycles. The second-order valence-electron chi connectivity index (χ2n) is 3.89. The van der Waals surface area contributed by atoms with Gasteiger partial charge in [0, 0.05) is 0 Å². The number of hydrogen-bond acceptors (Lipinski definition) is 5. The molecule has 19 heavy (non-hydrogen) atoms. The first-order valence-electron chi connectivity index (χ1n) is 5.49. The Morgan fingerprint density at radius 3 is 2.53 bits per heavy atom. The van der Waals surface area contributed by atoms with Gasteiger partial charge < -0.3 is 10.8 Å². The van der Waals surface area contributed by atoms with Gasteiger partial charge >= 0.3 is 0 Å². The van der Waals surface area contributed by atoms with Crippen LogP contribution in [0.2, 0.25) is 0 Å². The molecule has 4 N–H and O–H groups in total. The molecule has 0 aliphatic carbocycles. The molecule has 2 aromatic rings. The van der Waals surface area contributed by atoms with Gasteiger partial charge in [0.2, 0.25) is 0 Å². The Bertz CT molecular complexity index is 722. The van der Waals surface area contributed by atoms with Crippen LogP contribution in [0.15, 0.2) is 29.2 Å². The lowest BCUT2D eigenvalue weighted by molar-refractivity contribution is 0.471. The number of hydrogen-bond donors (Lipinski definition) is 3. The highest BCUT2D eigenvalue weighted by atomic mass is 32.2. The van der Waals surface area contributed by atoms with Gasteiger partial charge in [-0.2, -0.15) is 13.5 Å². The molecule has 1 aromatic carbocycles. The molecule has 0 aliphatic heterocycles. The van der Waals surface area contributed by atoms with E-state index in [1.165, 1.54) is 18.2 Å². The van der Waals surface area contributed by atoms with Crippen LogP contribution in [0.25, 0.3) is 5.69 Å². The third-order valence-corrected chi connectivity index (χ3v) is 3.57. The van der Waals surface area contributed by atoms with E-state index < -0.39 is 10.1 Å². The number of nitrogens with zero attached hydrogens (tertiary/aromatic N) is 2. The van der Waals surface area contributed by atoms with Gasteiger partial charge in [0.25, 0.3) is 10.1 Å². The van der Waals surface area contributed by atoms with Crippen molar-refractivity contribution in [3.05, 3.63) is 30.0 Å². The molecule has 0 unspecified atom stereocenters. The third-order valence-electron chi connectivity index (χ3n) is 2.67. The topological polar surface area (TPSA) is 118 Å². The van der Waals surface area contributed by atoms with Crippen molar-refractivity contribution in [2.24, 2.45) is 0 Å². The molecule has 8 heteroatoms. The summed E-state index contributed by atoms with van der Waals surface area (Å²) < 4.78 is 32.9. The molecule has 0 amide bonds. The molecular weight excluding hydrogens is 270 g/mol. The van der Waals surface area contributed by atoms with Crippen molar-refractivity contribution in [1.82, 2.24) is 9.78 Å². The molecule has 0 atom stereocenters. The smallest absolute Gasteiger partial charge is 0.296 e. The van der Waals surface area contributed by atoms with E-state index in [1.807, 2.05) is 0 Å². The van der Waals surface area contributed by atoms with Gasteiger partial charge in [-0.05, 0) is 18.6 Å². The number of aromatic nitrogens is 2. The Hall–Kier alpha value is -2.06. The molecule has 1 heterocycles. The number of aromatic hydroxyl groups is 1. The molecule has 0 fully saturated rings. The summed E-state index contributed by atoms with van der Waals surface area (Å²) in [5.41, 5.74) is 6.13. The average molecular weight is 283 g/mol. The number of nitrogens with two attached hydrogens (primary N) is 1. The summed E-state index contributed by atoms with van der Waals surface area (Å²) in [6.45, 7) is 1.78. The quantitative estimate of drug-likeness (QED) is 0.722. The zero-order chi connectivity index (χ0) is 14.2. The second-order valence-corrected chi connectivity index (χ2v) is 5.28. The zero-order valence-electron chi connectivity index (χ0n) is 10.1. The lowest BCUT2D eigenvalue weighted by atomic mass is 10.3. The summed E-state index contributed by atoms with van der Waals surface area (Å²) in [5.74, 6) is -0.263. The molecule has 7 nitrogen and oxygen atoms in total. The summed E-state index contributed by atoms with van der Waals surface area (Å²) in [7, 11) is -4.41. The van der Waals surface area contributed by atoms with E-state index >= 15 is 0 Å². The first-order valence-corrected chi connectivity index (χ1v) is 6.93. The van der Waals surface area contributed by atoms with Crippen LogP contribution in [-0.4, -0.2) is 27.9 Å². The Labute approximate surface area is 110 Å². The van der Waals surface area contributed by atoms with Gasteiger partial charge in [0.05, 0.1) is 5.69 Å². The second kappa shape index (κ2) is 4.56. The Morgan fingerprint density at radius 2 is 2.00 bits per heavy atom. The summed E-state index contributed by atoms with van der Waals surface area (Å²) in [6.07, 6.45) is 0.442. The van der Waals surface area contributed by atoms with Gasteiger partial charge in [-0.1, -0.05) is 19.1 Å². The van der Waals surface area contributed by atoms with Crippen molar-refractivity contribution in [2.75, 3.05) is 5.73 Å². The highest BCUT2D eigenvalue weighted by Crippen LogP contribution is 2.30. The van der Waals surface area contributed by atoms with Gasteiger partial charge in [-0.25, -0.2) is 4.68 Å². The van der Waals surface area contributed by atoms with Crippen LogP contribution in [-0.2, 0) is 16.5 Å². The first kappa shape index (κ1) is 13.4. The van der Waals surface area contributed by atoms with E-state index in [0.717, 1.165) is 4.68 Å². The minimum absolute atomic E-state index is 0.0760. The van der Waals surface area contributed by atoms with Crippen LogP contribution in [0, 0.1) is 0 Å². The third kappa shape index (κ3) is 2.27. The van der Waals surface area contributed by atoms with Gasteiger partial charge in [0.15, 0.2) is 11.6 Å². The summed E-state index contributed by atoms with van der Waals surface area (Å²) in [4.78, 5) is -0.327. The summed E-state index contributed by atoms with van der Waals surface area (Å²) in [5, 5.41) is 13.8. The number of benzene rings is 1. The van der Waals surface area contributed by atoms with Crippen molar-refractivity contribution >= 4 is 15.9 Å². The van der Waals surface area contributed by atoms with Gasteiger partial charge in [-0.15, -0.1) is 0 Å². The fourth-order valence-corrected chi connectivity index (χ4v) is 2.41. The van der Waals surface area contributed by atoms with E-state index in [9.17, 15) is 18.1 Å². The van der Waals surface area contributed by atoms with Crippen LogP contribution in [0.5, 0.6) is 5.75 Å². The highest BCUT2D eigenvalue weighted by molar-refractivity contribution is 7.86. The molecule has 102 valence electrons. The fourth-order valence-electron chi connectivity index (χ4n) is 1.74. The van der Waals surface area contributed by atoms with E-state index in [0.29, 0.717) is 12.1 Å². The van der Waals surface area contributed by atoms with Crippen molar-refractivity contribution in [3.8, 4) is 11.4 Å². The van der Waals surface area contributed by atoms with Crippen molar-refractivity contribution in [1.29, 1.82) is 0 Å². The predicted molar refractivity (Wildman–Crippen MR) is 68.8 cm³/mol. The maximum atomic E-state index is 11.3. The minimum atomic E-state index is -4.41. The maximum Gasteiger partial charge on any atom is 0.296 e. The number of aryl methyl sites for hydroxylation is 1. The molecule has 0 aliphatic rings. The van der Waals surface area contributed by atoms with E-state index in [1.54, 1.807) is 13.0 Å². The standard InChI is InChI=1S/C11H13N3O4S/c1-2-7-10(15)11(12)14(13-7)8-5-3-4-6-9(8)19(16,17)18/h3-6,15H,2,12H2,1H3,(H,16,17,18). The largest absolute Gasteiger partial charge is 0.503 e. The molecule has 1 aromatic heterocycles. The van der Waals surface area contributed by atoms with Gasteiger partial charge in [0.1, 0.15) is 10.6 Å². The summed E-state index contributed by atoms with van der Waals surface area (Å²) in [6, 6.07) is 5.71. The lowest BCUT2D eigenvalue weighted by Gasteiger charge is -2.08. The fraction of sp³-hybridized carbons (Fsp3) is 0.182. The van der Waals surface area contributed by atoms with Crippen molar-refractivity contribution < 1.29 is 18.1 Å². The zero-order valence-corrected chi connectivity index (χ0v) is 10.9. The van der Waals surface area contributed by atoms with Crippen molar-refractivity contribution in [3.63, 3.8) is 0 Å². The molecule has 0 radical (unpaired) electrons. The molecule has 0 spiro atoms. The number of para-hydroxylation sites is 1. The normalized spacial score (nSPS) is 11.7. The van der Waals surface area contributed by atoms with Gasteiger partial charge in [-0.3, -0.25) is 4.55 Å². The number of anilines is 1.